The molecular weight excluding hydrogens is 391 g/mol. The van der Waals surface area contributed by atoms with Gasteiger partial charge in [-0.25, -0.2) is 0 Å². The van der Waals surface area contributed by atoms with Crippen molar-refractivity contribution < 1.29 is 4.79 Å². The molecule has 1 rings (SSSR count). The monoisotopic (exact) mass is 418 g/mol. The van der Waals surface area contributed by atoms with Crippen LogP contribution in [0.4, 0.5) is 0 Å². The molecule has 0 radical (unpaired) electrons. The Hall–Kier alpha value is -1.31. The molecule has 0 saturated heterocycles. The van der Waals surface area contributed by atoms with E-state index in [-0.39, 0.29) is 29.9 Å². The van der Waals surface area contributed by atoms with Gasteiger partial charge in [0, 0.05) is 39.8 Å². The van der Waals surface area contributed by atoms with Crippen molar-refractivity contribution in [3.05, 3.63) is 35.4 Å². The molecule has 0 saturated carbocycles. The number of carbonyl (C=O) groups excluding carboxylic acids is 1. The molecule has 0 fully saturated rings. The van der Waals surface area contributed by atoms with Crippen LogP contribution < -0.4 is 10.6 Å². The molecule has 22 heavy (non-hydrogen) atoms. The molecule has 124 valence electrons. The van der Waals surface area contributed by atoms with E-state index >= 15 is 0 Å². The van der Waals surface area contributed by atoms with E-state index in [9.17, 15) is 4.79 Å². The fourth-order valence-electron chi connectivity index (χ4n) is 1.99. The van der Waals surface area contributed by atoms with Crippen LogP contribution in [0.3, 0.4) is 0 Å². The maximum absolute atomic E-state index is 11.5. The summed E-state index contributed by atoms with van der Waals surface area (Å²) in [5.74, 6) is 0.823. The first-order valence-corrected chi connectivity index (χ1v) is 7.35. The molecule has 0 atom stereocenters. The number of halogens is 1. The molecule has 0 spiro atoms. The minimum absolute atomic E-state index is 0. The van der Waals surface area contributed by atoms with Gasteiger partial charge in [0.1, 0.15) is 0 Å². The molecule has 6 heteroatoms. The van der Waals surface area contributed by atoms with Gasteiger partial charge in [-0.3, -0.25) is 9.79 Å². The summed E-state index contributed by atoms with van der Waals surface area (Å²) in [7, 11) is 5.47. The van der Waals surface area contributed by atoms with E-state index in [2.05, 4.69) is 27.4 Å². The highest BCUT2D eigenvalue weighted by Gasteiger charge is 2.06. The molecule has 5 nitrogen and oxygen atoms in total. The predicted molar refractivity (Wildman–Crippen MR) is 103 cm³/mol. The second-order valence-electron chi connectivity index (χ2n) is 4.95. The highest BCUT2D eigenvalue weighted by Crippen LogP contribution is 2.04. The standard InChI is InChI=1S/C16H26N4O.HI/c1-5-6-11-20(4)16(18-3)19-12-13-7-9-14(10-8-13)15(21)17-2;/h7-10H,5-6,11-12H2,1-4H3,(H,17,21)(H,18,19);1H. The van der Waals surface area contributed by atoms with Crippen LogP contribution in [0.15, 0.2) is 29.3 Å². The van der Waals surface area contributed by atoms with Gasteiger partial charge in [0.05, 0.1) is 0 Å². The highest BCUT2D eigenvalue weighted by atomic mass is 127. The van der Waals surface area contributed by atoms with Gasteiger partial charge in [0.15, 0.2) is 5.96 Å². The average Bonchev–Trinajstić information content (AvgIpc) is 2.53. The van der Waals surface area contributed by atoms with Crippen LogP contribution in [-0.4, -0.2) is 44.5 Å². The lowest BCUT2D eigenvalue weighted by Gasteiger charge is -2.21. The summed E-state index contributed by atoms with van der Waals surface area (Å²) >= 11 is 0. The van der Waals surface area contributed by atoms with Gasteiger partial charge in [-0.15, -0.1) is 24.0 Å². The van der Waals surface area contributed by atoms with E-state index in [4.69, 9.17) is 0 Å². The van der Waals surface area contributed by atoms with Gasteiger partial charge >= 0.3 is 0 Å². The van der Waals surface area contributed by atoms with Crippen molar-refractivity contribution in [3.8, 4) is 0 Å². The van der Waals surface area contributed by atoms with Gasteiger partial charge in [0.2, 0.25) is 0 Å². The average molecular weight is 418 g/mol. The summed E-state index contributed by atoms with van der Waals surface area (Å²) in [6.07, 6.45) is 2.32. The molecular formula is C16H27IN4O. The van der Waals surface area contributed by atoms with E-state index in [1.54, 1.807) is 14.1 Å². The minimum atomic E-state index is -0.0652. The zero-order valence-electron chi connectivity index (χ0n) is 13.8. The van der Waals surface area contributed by atoms with E-state index in [0.29, 0.717) is 12.1 Å². The van der Waals surface area contributed by atoms with Crippen LogP contribution in [-0.2, 0) is 6.54 Å². The Morgan fingerprint density at radius 1 is 1.27 bits per heavy atom. The fourth-order valence-corrected chi connectivity index (χ4v) is 1.99. The Morgan fingerprint density at radius 2 is 1.91 bits per heavy atom. The first-order chi connectivity index (χ1) is 10.1. The summed E-state index contributed by atoms with van der Waals surface area (Å²) in [5, 5.41) is 5.95. The summed E-state index contributed by atoms with van der Waals surface area (Å²) in [6.45, 7) is 3.86. The molecule has 0 aromatic heterocycles. The molecule has 1 amide bonds. The van der Waals surface area contributed by atoms with E-state index in [1.807, 2.05) is 31.3 Å². The van der Waals surface area contributed by atoms with Crippen LogP contribution in [0.2, 0.25) is 0 Å². The largest absolute Gasteiger partial charge is 0.355 e. The molecule has 0 aliphatic heterocycles. The lowest BCUT2D eigenvalue weighted by molar-refractivity contribution is 0.0963. The van der Waals surface area contributed by atoms with Crippen LogP contribution in [0, 0.1) is 0 Å². The molecule has 2 N–H and O–H groups in total. The maximum atomic E-state index is 11.5. The Morgan fingerprint density at radius 3 is 2.41 bits per heavy atom. The van der Waals surface area contributed by atoms with Crippen molar-refractivity contribution in [1.29, 1.82) is 0 Å². The third-order valence-corrected chi connectivity index (χ3v) is 3.31. The van der Waals surface area contributed by atoms with Crippen molar-refractivity contribution in [2.24, 2.45) is 4.99 Å². The molecule has 0 bridgehead atoms. The fraction of sp³-hybridized carbons (Fsp3) is 0.500. The Kier molecular flexibility index (Phi) is 10.6. The number of nitrogens with zero attached hydrogens (tertiary/aromatic N) is 2. The third kappa shape index (κ3) is 6.64. The Balaban J connectivity index is 0.00000441. The number of hydrogen-bond acceptors (Lipinski definition) is 2. The normalized spacial score (nSPS) is 10.6. The van der Waals surface area contributed by atoms with Crippen molar-refractivity contribution in [2.75, 3.05) is 27.7 Å². The second kappa shape index (κ2) is 11.3. The smallest absolute Gasteiger partial charge is 0.251 e. The van der Waals surface area contributed by atoms with E-state index in [0.717, 1.165) is 24.5 Å². The molecule has 0 unspecified atom stereocenters. The second-order valence-corrected chi connectivity index (χ2v) is 4.95. The van der Waals surface area contributed by atoms with Crippen molar-refractivity contribution >= 4 is 35.8 Å². The van der Waals surface area contributed by atoms with Gasteiger partial charge in [0.25, 0.3) is 5.91 Å². The number of rotatable bonds is 6. The minimum Gasteiger partial charge on any atom is -0.355 e. The molecule has 0 aliphatic rings. The number of aliphatic imine (C=N–C) groups is 1. The molecule has 0 aliphatic carbocycles. The topological polar surface area (TPSA) is 56.7 Å². The number of hydrogen-bond donors (Lipinski definition) is 2. The van der Waals surface area contributed by atoms with E-state index in [1.165, 1.54) is 6.42 Å². The number of carbonyl (C=O) groups is 1. The summed E-state index contributed by atoms with van der Waals surface area (Å²) in [4.78, 5) is 17.9. The Bertz CT molecular complexity index is 474. The van der Waals surface area contributed by atoms with Crippen molar-refractivity contribution in [3.63, 3.8) is 0 Å². The van der Waals surface area contributed by atoms with Crippen LogP contribution in [0.5, 0.6) is 0 Å². The molecule has 1 aromatic carbocycles. The number of nitrogens with one attached hydrogen (secondary N) is 2. The first kappa shape index (κ1) is 20.7. The van der Waals surface area contributed by atoms with Crippen LogP contribution in [0.1, 0.15) is 35.7 Å². The quantitative estimate of drug-likeness (QED) is 0.424. The van der Waals surface area contributed by atoms with Gasteiger partial charge in [-0.05, 0) is 24.1 Å². The van der Waals surface area contributed by atoms with Crippen molar-refractivity contribution in [2.45, 2.75) is 26.3 Å². The Labute approximate surface area is 150 Å². The summed E-state index contributed by atoms with van der Waals surface area (Å²) < 4.78 is 0. The third-order valence-electron chi connectivity index (χ3n) is 3.31. The molecule has 0 heterocycles. The van der Waals surface area contributed by atoms with Crippen LogP contribution >= 0.6 is 24.0 Å². The lowest BCUT2D eigenvalue weighted by atomic mass is 10.1. The first-order valence-electron chi connectivity index (χ1n) is 7.35. The zero-order valence-corrected chi connectivity index (χ0v) is 16.2. The molecule has 1 aromatic rings. The predicted octanol–water partition coefficient (Wildman–Crippen LogP) is 2.47. The van der Waals surface area contributed by atoms with Crippen molar-refractivity contribution in [1.82, 2.24) is 15.5 Å². The van der Waals surface area contributed by atoms with Crippen LogP contribution in [0.25, 0.3) is 0 Å². The zero-order chi connectivity index (χ0) is 15.7. The van der Waals surface area contributed by atoms with Gasteiger partial charge in [-0.2, -0.15) is 0 Å². The SMILES string of the molecule is CCCCN(C)C(=NC)NCc1ccc(C(=O)NC)cc1.I. The van der Waals surface area contributed by atoms with Gasteiger partial charge < -0.3 is 15.5 Å². The van der Waals surface area contributed by atoms with Gasteiger partial charge in [-0.1, -0.05) is 25.5 Å². The highest BCUT2D eigenvalue weighted by molar-refractivity contribution is 14.0. The number of unbranched alkanes of at least 4 members (excludes halogenated alkanes) is 1. The number of guanidine groups is 1. The number of amides is 1. The summed E-state index contributed by atoms with van der Waals surface area (Å²) in [5.41, 5.74) is 1.79. The maximum Gasteiger partial charge on any atom is 0.251 e. The number of benzene rings is 1. The van der Waals surface area contributed by atoms with E-state index < -0.39 is 0 Å². The summed E-state index contributed by atoms with van der Waals surface area (Å²) in [6, 6.07) is 7.58. The lowest BCUT2D eigenvalue weighted by Crippen LogP contribution is -2.38.